The zero-order valence-electron chi connectivity index (χ0n) is 13.1. The first-order valence-electron chi connectivity index (χ1n) is 7.10. The van der Waals surface area contributed by atoms with E-state index < -0.39 is 0 Å². The lowest BCUT2D eigenvalue weighted by atomic mass is 10.0. The van der Waals surface area contributed by atoms with E-state index >= 15 is 0 Å². The zero-order chi connectivity index (χ0) is 15.0. The lowest BCUT2D eigenvalue weighted by molar-refractivity contribution is 0.0293. The monoisotopic (exact) mass is 269 g/mol. The number of nitrogens with zero attached hydrogens (tertiary/aromatic N) is 2. The zero-order valence-corrected chi connectivity index (χ0v) is 13.1. The molecule has 0 unspecified atom stereocenters. The van der Waals surface area contributed by atoms with Crippen LogP contribution in [0.15, 0.2) is 18.2 Å². The third kappa shape index (κ3) is 4.73. The highest BCUT2D eigenvalue weighted by molar-refractivity contribution is 5.70. The molecule has 0 bridgehead atoms. The van der Waals surface area contributed by atoms with Crippen LogP contribution in [-0.4, -0.2) is 23.5 Å². The minimum Gasteiger partial charge on any atom is -0.370 e. The van der Waals surface area contributed by atoms with Gasteiger partial charge in [0.1, 0.15) is 0 Å². The average molecular weight is 269 g/mol. The number of anilines is 2. The van der Waals surface area contributed by atoms with Gasteiger partial charge in [-0.25, -0.2) is 5.21 Å². The molecule has 1 aromatic carbocycles. The van der Waals surface area contributed by atoms with Gasteiger partial charge in [-0.3, -0.25) is 5.21 Å². The van der Waals surface area contributed by atoms with E-state index in [4.69, 9.17) is 5.21 Å². The Morgan fingerprint density at radius 2 is 1.63 bits per heavy atom. The highest BCUT2D eigenvalue weighted by atomic mass is 16.8. The summed E-state index contributed by atoms with van der Waals surface area (Å²) in [4.78, 5) is 2.12. The van der Waals surface area contributed by atoms with Crippen LogP contribution >= 0.6 is 0 Å². The summed E-state index contributed by atoms with van der Waals surface area (Å²) in [5.41, 5.74) is 2.57. The topological polar surface area (TPSA) is 49.6 Å². The van der Waals surface area contributed by atoms with Crippen LogP contribution in [-0.2, 0) is 0 Å². The van der Waals surface area contributed by atoms with Crippen molar-refractivity contribution in [1.82, 2.24) is 0 Å². The molecule has 0 saturated heterocycles. The fraction of sp³-hybridized carbons (Fsp3) is 0.600. The van der Waals surface area contributed by atoms with Gasteiger partial charge in [0.05, 0.1) is 5.69 Å². The van der Waals surface area contributed by atoms with E-state index in [0.29, 0.717) is 16.8 Å². The molecule has 0 aromatic heterocycles. The molecule has 0 spiro atoms. The van der Waals surface area contributed by atoms with E-state index in [9.17, 15) is 5.21 Å². The molecular weight excluding hydrogens is 240 g/mol. The summed E-state index contributed by atoms with van der Waals surface area (Å²) in [6.45, 7) is 14.0. The minimum atomic E-state index is 0.388. The van der Waals surface area contributed by atoms with Gasteiger partial charge in [-0.2, -0.15) is 0 Å². The summed E-state index contributed by atoms with van der Waals surface area (Å²) >= 11 is 0. The van der Waals surface area contributed by atoms with Gasteiger partial charge in [-0.15, -0.1) is 0 Å². The Labute approximate surface area is 117 Å². The standard InChI is InChI=1S/C13H22N2O2.C2H6/c1-5-14(6-2)12-8-7-11(10(3)4)9-13(12)15(16)17;1-2/h7-10,16-17H,5-6H2,1-4H3;1-2H3/p+1. The molecule has 0 heterocycles. The molecule has 19 heavy (non-hydrogen) atoms. The van der Waals surface area contributed by atoms with Gasteiger partial charge in [0.15, 0.2) is 5.69 Å². The molecule has 4 heteroatoms. The first-order chi connectivity index (χ1) is 9.01. The van der Waals surface area contributed by atoms with Crippen LogP contribution in [0.3, 0.4) is 0 Å². The van der Waals surface area contributed by atoms with Crippen LogP contribution in [0.1, 0.15) is 53.0 Å². The maximum absolute atomic E-state index is 9.42. The van der Waals surface area contributed by atoms with Crippen LogP contribution in [0.2, 0.25) is 0 Å². The fourth-order valence-electron chi connectivity index (χ4n) is 1.90. The minimum absolute atomic E-state index is 0.388. The SMILES string of the molecule is CC.CCN(CC)c1ccc(C(C)C)cc1N(O)[OH2+]. The molecule has 0 radical (unpaired) electrons. The van der Waals surface area contributed by atoms with Crippen molar-refractivity contribution in [3.8, 4) is 0 Å². The second-order valence-electron chi connectivity index (χ2n) is 4.39. The first-order valence-corrected chi connectivity index (χ1v) is 7.10. The van der Waals surface area contributed by atoms with Crippen LogP contribution < -0.4 is 10.1 Å². The van der Waals surface area contributed by atoms with E-state index in [1.165, 1.54) is 0 Å². The number of hydrogen-bond acceptors (Lipinski definition) is 3. The van der Waals surface area contributed by atoms with Gasteiger partial charge < -0.3 is 4.90 Å². The highest BCUT2D eigenvalue weighted by Crippen LogP contribution is 2.31. The van der Waals surface area contributed by atoms with Crippen molar-refractivity contribution in [1.29, 1.82) is 0 Å². The van der Waals surface area contributed by atoms with E-state index in [1.54, 1.807) is 0 Å². The number of rotatable bonds is 5. The second-order valence-corrected chi connectivity index (χ2v) is 4.39. The molecule has 4 nitrogen and oxygen atoms in total. The normalized spacial score (nSPS) is 9.95. The van der Waals surface area contributed by atoms with Gasteiger partial charge in [0.2, 0.25) is 0 Å². The molecule has 0 amide bonds. The maximum atomic E-state index is 9.42. The third-order valence-electron chi connectivity index (χ3n) is 3.00. The summed E-state index contributed by atoms with van der Waals surface area (Å²) in [7, 11) is 0. The smallest absolute Gasteiger partial charge is 0.165 e. The highest BCUT2D eigenvalue weighted by Gasteiger charge is 2.16. The maximum Gasteiger partial charge on any atom is 0.165 e. The van der Waals surface area contributed by atoms with Crippen LogP contribution in [0, 0.1) is 0 Å². The Kier molecular flexibility index (Phi) is 8.19. The van der Waals surface area contributed by atoms with Crippen molar-refractivity contribution >= 4 is 11.4 Å². The molecule has 0 aliphatic rings. The Bertz CT molecular complexity index is 361. The van der Waals surface area contributed by atoms with Crippen molar-refractivity contribution in [3.05, 3.63) is 23.8 Å². The fourth-order valence-corrected chi connectivity index (χ4v) is 1.90. The molecule has 0 aliphatic heterocycles. The van der Waals surface area contributed by atoms with Gasteiger partial charge in [0.25, 0.3) is 0 Å². The Hall–Kier alpha value is -1.26. The molecule has 110 valence electrons. The summed E-state index contributed by atoms with van der Waals surface area (Å²) < 4.78 is 0. The van der Waals surface area contributed by atoms with Crippen molar-refractivity contribution in [3.63, 3.8) is 0 Å². The first kappa shape index (κ1) is 17.7. The number of hydrogen-bond donors (Lipinski definition) is 1. The van der Waals surface area contributed by atoms with Gasteiger partial charge in [0, 0.05) is 13.1 Å². The van der Waals surface area contributed by atoms with Gasteiger partial charge in [-0.1, -0.05) is 33.8 Å². The Morgan fingerprint density at radius 1 is 1.11 bits per heavy atom. The van der Waals surface area contributed by atoms with Crippen LogP contribution in [0.5, 0.6) is 0 Å². The van der Waals surface area contributed by atoms with Crippen molar-refractivity contribution in [2.45, 2.75) is 47.5 Å². The predicted molar refractivity (Wildman–Crippen MR) is 83.3 cm³/mol. The Morgan fingerprint density at radius 3 is 2.00 bits per heavy atom. The summed E-state index contributed by atoms with van der Waals surface area (Å²) in [6.07, 6.45) is 0. The predicted octanol–water partition coefficient (Wildman–Crippen LogP) is 3.52. The van der Waals surface area contributed by atoms with Crippen molar-refractivity contribution in [2.24, 2.45) is 0 Å². The number of benzene rings is 1. The van der Waals surface area contributed by atoms with E-state index in [1.807, 2.05) is 26.0 Å². The molecule has 3 N–H and O–H groups in total. The molecule has 0 atom stereocenters. The van der Waals surface area contributed by atoms with Crippen molar-refractivity contribution in [2.75, 3.05) is 23.2 Å². The molecule has 0 aliphatic carbocycles. The average Bonchev–Trinajstić information content (AvgIpc) is 2.42. The van der Waals surface area contributed by atoms with E-state index in [2.05, 4.69) is 38.7 Å². The molecular formula is C15H29N2O2+. The molecule has 0 fully saturated rings. The van der Waals surface area contributed by atoms with Crippen LogP contribution in [0.4, 0.5) is 11.4 Å². The van der Waals surface area contributed by atoms with Gasteiger partial charge >= 0.3 is 0 Å². The summed E-state index contributed by atoms with van der Waals surface area (Å²) in [5, 5.41) is 17.3. The third-order valence-corrected chi connectivity index (χ3v) is 3.00. The Balaban J connectivity index is 0.00000154. The van der Waals surface area contributed by atoms with E-state index in [0.717, 1.165) is 24.3 Å². The summed E-state index contributed by atoms with van der Waals surface area (Å²) in [6, 6.07) is 5.92. The second kappa shape index (κ2) is 8.77. The molecule has 1 aromatic rings. The largest absolute Gasteiger partial charge is 0.370 e. The lowest BCUT2D eigenvalue weighted by Crippen LogP contribution is -2.25. The molecule has 0 saturated carbocycles. The molecule has 1 rings (SSSR count). The lowest BCUT2D eigenvalue weighted by Gasteiger charge is -2.24. The van der Waals surface area contributed by atoms with Gasteiger partial charge in [-0.05, 0) is 42.7 Å². The van der Waals surface area contributed by atoms with Crippen LogP contribution in [0.25, 0.3) is 0 Å². The summed E-state index contributed by atoms with van der Waals surface area (Å²) in [5.74, 6) is 0.388. The van der Waals surface area contributed by atoms with Crippen molar-refractivity contribution < 1.29 is 10.4 Å². The van der Waals surface area contributed by atoms with E-state index in [-0.39, 0.29) is 0 Å². The quantitative estimate of drug-likeness (QED) is 0.657.